The molecule has 0 aromatic rings. The van der Waals surface area contributed by atoms with E-state index in [2.05, 4.69) is 10.6 Å². The summed E-state index contributed by atoms with van der Waals surface area (Å²) >= 11 is 0. The van der Waals surface area contributed by atoms with Gasteiger partial charge in [-0.3, -0.25) is 9.59 Å². The van der Waals surface area contributed by atoms with Crippen molar-refractivity contribution in [2.24, 2.45) is 17.6 Å². The van der Waals surface area contributed by atoms with Gasteiger partial charge in [0.1, 0.15) is 6.04 Å². The van der Waals surface area contributed by atoms with E-state index in [9.17, 15) is 9.59 Å². The smallest absolute Gasteiger partial charge is 0.242 e. The SMILES string of the molecule is CC(NC(=O)C1CCC(CN)CC1)C(=O)NC1CC1. The largest absolute Gasteiger partial charge is 0.352 e. The molecule has 2 rings (SSSR count). The van der Waals surface area contributed by atoms with Gasteiger partial charge in [-0.1, -0.05) is 0 Å². The van der Waals surface area contributed by atoms with Crippen molar-refractivity contribution in [3.63, 3.8) is 0 Å². The van der Waals surface area contributed by atoms with Crippen LogP contribution >= 0.6 is 0 Å². The third kappa shape index (κ3) is 4.20. The van der Waals surface area contributed by atoms with Gasteiger partial charge in [-0.2, -0.15) is 0 Å². The molecule has 2 amide bonds. The Morgan fingerprint density at radius 3 is 2.32 bits per heavy atom. The summed E-state index contributed by atoms with van der Waals surface area (Å²) in [5.74, 6) is 0.582. The van der Waals surface area contributed by atoms with E-state index in [4.69, 9.17) is 5.73 Å². The molecule has 0 aromatic heterocycles. The van der Waals surface area contributed by atoms with Crippen LogP contribution in [0.25, 0.3) is 0 Å². The molecule has 2 saturated carbocycles. The number of rotatable bonds is 5. The number of hydrogen-bond acceptors (Lipinski definition) is 3. The first-order valence-corrected chi connectivity index (χ1v) is 7.41. The van der Waals surface area contributed by atoms with Gasteiger partial charge in [0.25, 0.3) is 0 Å². The minimum atomic E-state index is -0.430. The Bertz CT molecular complexity index is 334. The lowest BCUT2D eigenvalue weighted by molar-refractivity contribution is -0.131. The molecule has 0 saturated heterocycles. The fourth-order valence-electron chi connectivity index (χ4n) is 2.61. The van der Waals surface area contributed by atoms with Gasteiger partial charge in [0.05, 0.1) is 0 Å². The van der Waals surface area contributed by atoms with E-state index in [0.717, 1.165) is 38.5 Å². The molecule has 1 unspecified atom stereocenters. The highest BCUT2D eigenvalue weighted by Crippen LogP contribution is 2.28. The summed E-state index contributed by atoms with van der Waals surface area (Å²) in [6.07, 6.45) is 5.97. The molecule has 5 nitrogen and oxygen atoms in total. The fraction of sp³-hybridized carbons (Fsp3) is 0.857. The topological polar surface area (TPSA) is 84.2 Å². The molecule has 4 N–H and O–H groups in total. The van der Waals surface area contributed by atoms with Crippen LogP contribution in [0.15, 0.2) is 0 Å². The van der Waals surface area contributed by atoms with E-state index < -0.39 is 6.04 Å². The van der Waals surface area contributed by atoms with Crippen molar-refractivity contribution >= 4 is 11.8 Å². The highest BCUT2D eigenvalue weighted by molar-refractivity contribution is 5.88. The quantitative estimate of drug-likeness (QED) is 0.679. The maximum absolute atomic E-state index is 12.1. The monoisotopic (exact) mass is 267 g/mol. The lowest BCUT2D eigenvalue weighted by atomic mass is 9.81. The van der Waals surface area contributed by atoms with Gasteiger partial charge in [0.15, 0.2) is 0 Å². The van der Waals surface area contributed by atoms with E-state index in [1.165, 1.54) is 0 Å². The number of nitrogens with two attached hydrogens (primary N) is 1. The van der Waals surface area contributed by atoms with E-state index in [-0.39, 0.29) is 17.7 Å². The summed E-state index contributed by atoms with van der Waals surface area (Å²) in [4.78, 5) is 23.9. The molecule has 2 aliphatic rings. The third-order valence-corrected chi connectivity index (χ3v) is 4.23. The van der Waals surface area contributed by atoms with Crippen LogP contribution in [0.3, 0.4) is 0 Å². The minimum Gasteiger partial charge on any atom is -0.352 e. The molecule has 0 spiro atoms. The molecular weight excluding hydrogens is 242 g/mol. The lowest BCUT2D eigenvalue weighted by Crippen LogP contribution is -2.47. The Morgan fingerprint density at radius 2 is 1.79 bits per heavy atom. The lowest BCUT2D eigenvalue weighted by Gasteiger charge is -2.27. The maximum atomic E-state index is 12.1. The zero-order chi connectivity index (χ0) is 13.8. The van der Waals surface area contributed by atoms with Crippen molar-refractivity contribution in [1.29, 1.82) is 0 Å². The molecule has 5 heteroatoms. The first kappa shape index (κ1) is 14.3. The van der Waals surface area contributed by atoms with Crippen molar-refractivity contribution in [3.05, 3.63) is 0 Å². The van der Waals surface area contributed by atoms with E-state index in [1.807, 2.05) is 0 Å². The first-order chi connectivity index (χ1) is 9.10. The standard InChI is InChI=1S/C14H25N3O2/c1-9(13(18)17-12-6-7-12)16-14(19)11-4-2-10(8-15)3-5-11/h9-12H,2-8,15H2,1H3,(H,16,19)(H,17,18). The van der Waals surface area contributed by atoms with Crippen LogP contribution in [0, 0.1) is 11.8 Å². The van der Waals surface area contributed by atoms with Crippen molar-refractivity contribution in [3.8, 4) is 0 Å². The van der Waals surface area contributed by atoms with Gasteiger partial charge < -0.3 is 16.4 Å². The summed E-state index contributed by atoms with van der Waals surface area (Å²) in [5.41, 5.74) is 5.64. The number of nitrogens with one attached hydrogen (secondary N) is 2. The number of hydrogen-bond donors (Lipinski definition) is 3. The second-order valence-electron chi connectivity index (χ2n) is 5.97. The third-order valence-electron chi connectivity index (χ3n) is 4.23. The number of carbonyl (C=O) groups is 2. The van der Waals surface area contributed by atoms with Crippen LogP contribution in [0.5, 0.6) is 0 Å². The van der Waals surface area contributed by atoms with Crippen LogP contribution in [0.4, 0.5) is 0 Å². The van der Waals surface area contributed by atoms with Gasteiger partial charge in [0, 0.05) is 12.0 Å². The second kappa shape index (κ2) is 6.37. The van der Waals surface area contributed by atoms with Crippen LogP contribution in [0.2, 0.25) is 0 Å². The number of amides is 2. The van der Waals surface area contributed by atoms with Gasteiger partial charge >= 0.3 is 0 Å². The summed E-state index contributed by atoms with van der Waals surface area (Å²) in [6.45, 7) is 2.47. The highest BCUT2D eigenvalue weighted by atomic mass is 16.2. The molecule has 0 aliphatic heterocycles. The normalized spacial score (nSPS) is 28.5. The Kier molecular flexibility index (Phi) is 4.80. The molecule has 1 atom stereocenters. The molecule has 108 valence electrons. The average Bonchev–Trinajstić information content (AvgIpc) is 3.22. The summed E-state index contributed by atoms with van der Waals surface area (Å²) in [5, 5.41) is 5.74. The van der Waals surface area contributed by atoms with Crippen molar-refractivity contribution in [2.75, 3.05) is 6.54 Å². The second-order valence-corrected chi connectivity index (χ2v) is 5.97. The first-order valence-electron chi connectivity index (χ1n) is 7.41. The van der Waals surface area contributed by atoms with Gasteiger partial charge in [0.2, 0.25) is 11.8 Å². The predicted molar refractivity (Wildman–Crippen MR) is 73.3 cm³/mol. The van der Waals surface area contributed by atoms with Crippen molar-refractivity contribution in [1.82, 2.24) is 10.6 Å². The molecule has 19 heavy (non-hydrogen) atoms. The molecule has 0 radical (unpaired) electrons. The molecule has 2 aliphatic carbocycles. The fourth-order valence-corrected chi connectivity index (χ4v) is 2.61. The highest BCUT2D eigenvalue weighted by Gasteiger charge is 2.29. The van der Waals surface area contributed by atoms with Crippen LogP contribution in [-0.2, 0) is 9.59 Å². The Balaban J connectivity index is 1.72. The molecular formula is C14H25N3O2. The van der Waals surface area contributed by atoms with Crippen molar-refractivity contribution in [2.45, 2.75) is 57.5 Å². The zero-order valence-electron chi connectivity index (χ0n) is 11.7. The van der Waals surface area contributed by atoms with Crippen molar-refractivity contribution < 1.29 is 9.59 Å². The average molecular weight is 267 g/mol. The van der Waals surface area contributed by atoms with Crippen LogP contribution in [0.1, 0.15) is 45.4 Å². The maximum Gasteiger partial charge on any atom is 0.242 e. The Morgan fingerprint density at radius 1 is 1.16 bits per heavy atom. The molecule has 0 heterocycles. The summed E-state index contributed by atoms with van der Waals surface area (Å²) < 4.78 is 0. The summed E-state index contributed by atoms with van der Waals surface area (Å²) in [6, 6.07) is -0.0906. The molecule has 0 aromatic carbocycles. The number of carbonyl (C=O) groups excluding carboxylic acids is 2. The molecule has 0 bridgehead atoms. The minimum absolute atomic E-state index is 0.0221. The van der Waals surface area contributed by atoms with Crippen LogP contribution < -0.4 is 16.4 Å². The Labute approximate surface area is 114 Å². The van der Waals surface area contributed by atoms with E-state index >= 15 is 0 Å². The van der Waals surface area contributed by atoms with Gasteiger partial charge in [-0.15, -0.1) is 0 Å². The Hall–Kier alpha value is -1.10. The van der Waals surface area contributed by atoms with E-state index in [1.54, 1.807) is 6.92 Å². The van der Waals surface area contributed by atoms with Gasteiger partial charge in [-0.25, -0.2) is 0 Å². The van der Waals surface area contributed by atoms with Crippen LogP contribution in [-0.4, -0.2) is 30.4 Å². The summed E-state index contributed by atoms with van der Waals surface area (Å²) in [7, 11) is 0. The van der Waals surface area contributed by atoms with Gasteiger partial charge in [-0.05, 0) is 57.9 Å². The molecule has 2 fully saturated rings. The van der Waals surface area contributed by atoms with E-state index in [0.29, 0.717) is 18.5 Å². The predicted octanol–water partition coefficient (Wildman–Crippen LogP) is 0.535. The zero-order valence-corrected chi connectivity index (χ0v) is 11.7.